The number of benzene rings is 2. The van der Waals surface area contributed by atoms with Crippen LogP contribution in [-0.4, -0.2) is 29.9 Å². The van der Waals surface area contributed by atoms with Gasteiger partial charge in [0.25, 0.3) is 0 Å². The number of aromatic nitrogens is 2. The Morgan fingerprint density at radius 1 is 1.04 bits per heavy atom. The molecule has 0 saturated carbocycles. The summed E-state index contributed by atoms with van der Waals surface area (Å²) in [6.07, 6.45) is 1.29. The molecule has 0 spiro atoms. The van der Waals surface area contributed by atoms with Gasteiger partial charge in [0, 0.05) is 17.5 Å². The van der Waals surface area contributed by atoms with Crippen molar-refractivity contribution >= 4 is 16.7 Å². The second-order valence-corrected chi connectivity index (χ2v) is 5.30. The zero-order valence-corrected chi connectivity index (χ0v) is 13.0. The number of hydrogen-bond donors (Lipinski definition) is 1. The molecule has 1 N–H and O–H groups in total. The van der Waals surface area contributed by atoms with Crippen molar-refractivity contribution in [1.82, 2.24) is 9.97 Å². The predicted octanol–water partition coefficient (Wildman–Crippen LogP) is 3.13. The zero-order valence-electron chi connectivity index (χ0n) is 13.0. The highest BCUT2D eigenvalue weighted by Gasteiger charge is 2.13. The third kappa shape index (κ3) is 3.10. The summed E-state index contributed by atoms with van der Waals surface area (Å²) < 4.78 is 42.9. The molecule has 1 aromatic heterocycles. The van der Waals surface area contributed by atoms with Gasteiger partial charge in [0.15, 0.2) is 23.1 Å². The Balaban J connectivity index is 1.40. The van der Waals surface area contributed by atoms with Gasteiger partial charge in [0.05, 0.1) is 12.1 Å². The summed E-state index contributed by atoms with van der Waals surface area (Å²) in [4.78, 5) is 8.00. The quantitative estimate of drug-likeness (QED) is 0.717. The van der Waals surface area contributed by atoms with Crippen LogP contribution in [0.1, 0.15) is 0 Å². The molecule has 2 heterocycles. The van der Waals surface area contributed by atoms with Crippen LogP contribution in [0.15, 0.2) is 36.7 Å². The molecule has 25 heavy (non-hydrogen) atoms. The minimum Gasteiger partial charge on any atom is -0.492 e. The van der Waals surface area contributed by atoms with Gasteiger partial charge >= 0.3 is 0 Å². The fourth-order valence-electron chi connectivity index (χ4n) is 2.50. The average molecular weight is 345 g/mol. The number of hydrogen-bond acceptors (Lipinski definition) is 6. The molecular weight excluding hydrogens is 332 g/mol. The van der Waals surface area contributed by atoms with Crippen LogP contribution >= 0.6 is 0 Å². The summed E-state index contributed by atoms with van der Waals surface area (Å²) in [5.41, 5.74) is 0.327. The number of ether oxygens (including phenoxy) is 3. The third-order valence-corrected chi connectivity index (χ3v) is 3.68. The van der Waals surface area contributed by atoms with Gasteiger partial charge in [-0.25, -0.2) is 18.7 Å². The minimum absolute atomic E-state index is 0.207. The first-order valence-corrected chi connectivity index (χ1v) is 7.57. The standard InChI is InChI=1S/C17H13F2N3O3/c18-12-6-11-14(7-13(12)19)21-8-22-17(11)20-3-4-23-10-1-2-15-16(5-10)25-9-24-15/h1-2,5-8H,3-4,9H2,(H,20,21,22). The summed E-state index contributed by atoms with van der Waals surface area (Å²) in [6.45, 7) is 0.965. The van der Waals surface area contributed by atoms with Gasteiger partial charge in [-0.15, -0.1) is 0 Å². The van der Waals surface area contributed by atoms with E-state index in [1.807, 2.05) is 0 Å². The fourth-order valence-corrected chi connectivity index (χ4v) is 2.50. The molecule has 0 fully saturated rings. The van der Waals surface area contributed by atoms with Crippen molar-refractivity contribution < 1.29 is 23.0 Å². The molecule has 3 aromatic rings. The molecule has 0 saturated heterocycles. The lowest BCUT2D eigenvalue weighted by molar-refractivity contribution is 0.174. The number of rotatable bonds is 5. The molecule has 4 rings (SSSR count). The van der Waals surface area contributed by atoms with E-state index in [9.17, 15) is 8.78 Å². The highest BCUT2D eigenvalue weighted by atomic mass is 19.2. The van der Waals surface area contributed by atoms with Crippen LogP contribution in [0.5, 0.6) is 17.2 Å². The lowest BCUT2D eigenvalue weighted by Crippen LogP contribution is -2.12. The first kappa shape index (κ1) is 15.4. The lowest BCUT2D eigenvalue weighted by atomic mass is 10.2. The highest BCUT2D eigenvalue weighted by molar-refractivity contribution is 5.88. The second-order valence-electron chi connectivity index (χ2n) is 5.30. The number of nitrogens with zero attached hydrogens (tertiary/aromatic N) is 2. The number of nitrogens with one attached hydrogen (secondary N) is 1. The van der Waals surface area contributed by atoms with Crippen LogP contribution in [0.3, 0.4) is 0 Å². The number of halogens is 2. The maximum Gasteiger partial charge on any atom is 0.231 e. The molecule has 0 amide bonds. The summed E-state index contributed by atoms with van der Waals surface area (Å²) in [5.74, 6) is 0.507. The normalized spacial score (nSPS) is 12.4. The van der Waals surface area contributed by atoms with E-state index in [1.54, 1.807) is 18.2 Å². The Hall–Kier alpha value is -3.16. The van der Waals surface area contributed by atoms with Crippen LogP contribution in [0.4, 0.5) is 14.6 Å². The van der Waals surface area contributed by atoms with Gasteiger partial charge in [0.1, 0.15) is 24.5 Å². The fraction of sp³-hybridized carbons (Fsp3) is 0.176. The molecule has 0 atom stereocenters. The Bertz CT molecular complexity index is 936. The first-order chi connectivity index (χ1) is 12.2. The van der Waals surface area contributed by atoms with Crippen molar-refractivity contribution in [2.75, 3.05) is 25.3 Å². The Labute approximate surface area is 141 Å². The maximum absolute atomic E-state index is 13.4. The SMILES string of the molecule is Fc1cc2ncnc(NCCOc3ccc4c(c3)OCO4)c2cc1F. The predicted molar refractivity (Wildman–Crippen MR) is 86.0 cm³/mol. The van der Waals surface area contributed by atoms with Gasteiger partial charge < -0.3 is 19.5 Å². The van der Waals surface area contributed by atoms with Crippen LogP contribution in [0.25, 0.3) is 10.9 Å². The van der Waals surface area contributed by atoms with E-state index in [2.05, 4.69) is 15.3 Å². The molecule has 0 unspecified atom stereocenters. The number of anilines is 1. The minimum atomic E-state index is -0.943. The van der Waals surface area contributed by atoms with Gasteiger partial charge in [-0.2, -0.15) is 0 Å². The van der Waals surface area contributed by atoms with Crippen molar-refractivity contribution in [2.45, 2.75) is 0 Å². The summed E-state index contributed by atoms with van der Waals surface area (Å²) in [6, 6.07) is 7.43. The lowest BCUT2D eigenvalue weighted by Gasteiger charge is -2.10. The molecule has 6 nitrogen and oxygen atoms in total. The van der Waals surface area contributed by atoms with Crippen molar-refractivity contribution in [3.05, 3.63) is 48.3 Å². The van der Waals surface area contributed by atoms with E-state index in [-0.39, 0.29) is 6.79 Å². The molecular formula is C17H13F2N3O3. The van der Waals surface area contributed by atoms with Crippen molar-refractivity contribution in [1.29, 1.82) is 0 Å². The molecule has 0 radical (unpaired) electrons. The van der Waals surface area contributed by atoms with Crippen molar-refractivity contribution in [3.63, 3.8) is 0 Å². The molecule has 8 heteroatoms. The maximum atomic E-state index is 13.4. The second kappa shape index (κ2) is 6.39. The largest absolute Gasteiger partial charge is 0.492 e. The molecule has 1 aliphatic heterocycles. The van der Waals surface area contributed by atoms with E-state index < -0.39 is 11.6 Å². The van der Waals surface area contributed by atoms with Crippen LogP contribution < -0.4 is 19.5 Å². The monoisotopic (exact) mass is 345 g/mol. The van der Waals surface area contributed by atoms with Gasteiger partial charge in [-0.05, 0) is 18.2 Å². The van der Waals surface area contributed by atoms with Gasteiger partial charge in [0.2, 0.25) is 6.79 Å². The van der Waals surface area contributed by atoms with E-state index in [0.29, 0.717) is 47.1 Å². The zero-order chi connectivity index (χ0) is 17.2. The Morgan fingerprint density at radius 3 is 2.80 bits per heavy atom. The summed E-state index contributed by atoms with van der Waals surface area (Å²) in [7, 11) is 0. The molecule has 2 aromatic carbocycles. The summed E-state index contributed by atoms with van der Waals surface area (Å²) in [5, 5.41) is 3.44. The van der Waals surface area contributed by atoms with Crippen LogP contribution in [0, 0.1) is 11.6 Å². The Morgan fingerprint density at radius 2 is 1.88 bits per heavy atom. The smallest absolute Gasteiger partial charge is 0.231 e. The Kier molecular flexibility index (Phi) is 3.93. The average Bonchev–Trinajstić information content (AvgIpc) is 3.08. The van der Waals surface area contributed by atoms with Gasteiger partial charge in [-0.1, -0.05) is 0 Å². The molecule has 1 aliphatic rings. The number of fused-ring (bicyclic) bond motifs is 2. The van der Waals surface area contributed by atoms with Crippen molar-refractivity contribution in [2.24, 2.45) is 0 Å². The molecule has 0 bridgehead atoms. The van der Waals surface area contributed by atoms with E-state index in [1.165, 1.54) is 6.33 Å². The molecule has 0 aliphatic carbocycles. The third-order valence-electron chi connectivity index (χ3n) is 3.68. The first-order valence-electron chi connectivity index (χ1n) is 7.57. The van der Waals surface area contributed by atoms with E-state index in [0.717, 1.165) is 12.1 Å². The van der Waals surface area contributed by atoms with Gasteiger partial charge in [-0.3, -0.25) is 0 Å². The van der Waals surface area contributed by atoms with E-state index in [4.69, 9.17) is 14.2 Å². The van der Waals surface area contributed by atoms with Crippen LogP contribution in [0.2, 0.25) is 0 Å². The summed E-state index contributed by atoms with van der Waals surface area (Å²) >= 11 is 0. The topological polar surface area (TPSA) is 65.5 Å². The van der Waals surface area contributed by atoms with Crippen LogP contribution in [-0.2, 0) is 0 Å². The van der Waals surface area contributed by atoms with E-state index >= 15 is 0 Å². The van der Waals surface area contributed by atoms with Crippen molar-refractivity contribution in [3.8, 4) is 17.2 Å². The highest BCUT2D eigenvalue weighted by Crippen LogP contribution is 2.35. The molecule has 128 valence electrons.